The topological polar surface area (TPSA) is 110 Å². The van der Waals surface area contributed by atoms with Crippen molar-refractivity contribution in [3.8, 4) is 0 Å². The maximum Gasteiger partial charge on any atom is 0.420 e. The first kappa shape index (κ1) is 23.5. The van der Waals surface area contributed by atoms with Gasteiger partial charge in [0.15, 0.2) is 5.58 Å². The molecule has 176 valence electrons. The van der Waals surface area contributed by atoms with E-state index < -0.39 is 15.8 Å². The van der Waals surface area contributed by atoms with Crippen LogP contribution in [0.25, 0.3) is 11.1 Å². The van der Waals surface area contributed by atoms with Crippen LogP contribution in [0.3, 0.4) is 0 Å². The summed E-state index contributed by atoms with van der Waals surface area (Å²) >= 11 is 0. The summed E-state index contributed by atoms with van der Waals surface area (Å²) in [5.74, 6) is -1.04. The molecule has 3 aromatic carbocycles. The Morgan fingerprint density at radius 2 is 1.59 bits per heavy atom. The van der Waals surface area contributed by atoms with E-state index in [2.05, 4.69) is 10.0 Å². The second-order valence-corrected chi connectivity index (χ2v) is 9.60. The third kappa shape index (κ3) is 5.81. The molecule has 1 amide bonds. The normalized spacial score (nSPS) is 11.5. The van der Waals surface area contributed by atoms with Gasteiger partial charge < -0.3 is 9.73 Å². The highest BCUT2D eigenvalue weighted by Crippen LogP contribution is 2.19. The highest BCUT2D eigenvalue weighted by Gasteiger charge is 2.18. The van der Waals surface area contributed by atoms with Crippen LogP contribution in [-0.2, 0) is 34.3 Å². The van der Waals surface area contributed by atoms with Gasteiger partial charge in [0.1, 0.15) is 6.54 Å². The second-order valence-electron chi connectivity index (χ2n) is 7.83. The van der Waals surface area contributed by atoms with Crippen molar-refractivity contribution in [2.24, 2.45) is 0 Å². The van der Waals surface area contributed by atoms with Crippen LogP contribution in [0.1, 0.15) is 17.5 Å². The van der Waals surface area contributed by atoms with E-state index in [0.717, 1.165) is 18.4 Å². The minimum Gasteiger partial charge on any atom is -0.408 e. The smallest absolute Gasteiger partial charge is 0.408 e. The molecule has 0 spiro atoms. The minimum absolute atomic E-state index is 0.0257. The number of sulfonamides is 1. The minimum atomic E-state index is -3.82. The SMILES string of the molecule is O=C(Cn1c(=O)oc2cc(S(=O)(=O)NCc3ccccc3)ccc21)NCCCc1ccccc1. The van der Waals surface area contributed by atoms with Crippen LogP contribution < -0.4 is 15.8 Å². The molecular formula is C25H25N3O5S. The number of hydrogen-bond acceptors (Lipinski definition) is 5. The lowest BCUT2D eigenvalue weighted by Crippen LogP contribution is -2.31. The highest BCUT2D eigenvalue weighted by molar-refractivity contribution is 7.89. The molecule has 0 saturated heterocycles. The fourth-order valence-electron chi connectivity index (χ4n) is 3.59. The quantitative estimate of drug-likeness (QED) is 0.340. The number of nitrogens with zero attached hydrogens (tertiary/aromatic N) is 1. The molecule has 0 saturated carbocycles. The molecule has 0 atom stereocenters. The monoisotopic (exact) mass is 479 g/mol. The third-order valence-corrected chi connectivity index (χ3v) is 6.77. The molecule has 34 heavy (non-hydrogen) atoms. The molecule has 1 heterocycles. The third-order valence-electron chi connectivity index (χ3n) is 5.37. The maximum atomic E-state index is 12.7. The lowest BCUT2D eigenvalue weighted by atomic mass is 10.1. The Labute approximate surface area is 197 Å². The van der Waals surface area contributed by atoms with Crippen molar-refractivity contribution in [3.05, 3.63) is 101 Å². The average molecular weight is 480 g/mol. The van der Waals surface area contributed by atoms with Gasteiger partial charge in [-0.3, -0.25) is 9.36 Å². The largest absolute Gasteiger partial charge is 0.420 e. The molecule has 2 N–H and O–H groups in total. The lowest BCUT2D eigenvalue weighted by Gasteiger charge is -2.08. The molecule has 8 nitrogen and oxygen atoms in total. The zero-order valence-electron chi connectivity index (χ0n) is 18.4. The number of hydrogen-bond donors (Lipinski definition) is 2. The molecule has 9 heteroatoms. The first-order chi connectivity index (χ1) is 16.4. The Morgan fingerprint density at radius 1 is 0.912 bits per heavy atom. The van der Waals surface area contributed by atoms with Gasteiger partial charge in [0.05, 0.1) is 10.4 Å². The molecular weight excluding hydrogens is 454 g/mol. The molecule has 0 unspecified atom stereocenters. The maximum absolute atomic E-state index is 12.7. The molecule has 4 rings (SSSR count). The van der Waals surface area contributed by atoms with Gasteiger partial charge in [-0.15, -0.1) is 0 Å². The fourth-order valence-corrected chi connectivity index (χ4v) is 4.62. The van der Waals surface area contributed by atoms with E-state index in [0.29, 0.717) is 12.1 Å². The number of amides is 1. The summed E-state index contributed by atoms with van der Waals surface area (Å²) in [6.07, 6.45) is 1.61. The number of carbonyl (C=O) groups is 1. The fraction of sp³-hybridized carbons (Fsp3) is 0.200. The Morgan fingerprint density at radius 3 is 2.29 bits per heavy atom. The second kappa shape index (κ2) is 10.5. The Bertz CT molecular complexity index is 1430. The van der Waals surface area contributed by atoms with Gasteiger partial charge in [0.25, 0.3) is 0 Å². The van der Waals surface area contributed by atoms with Crippen LogP contribution in [0.5, 0.6) is 0 Å². The molecule has 0 radical (unpaired) electrons. The van der Waals surface area contributed by atoms with Gasteiger partial charge in [0, 0.05) is 19.2 Å². The van der Waals surface area contributed by atoms with Crippen molar-refractivity contribution in [1.29, 1.82) is 0 Å². The number of fused-ring (bicyclic) bond motifs is 1. The van der Waals surface area contributed by atoms with Crippen LogP contribution in [0.2, 0.25) is 0 Å². The first-order valence-electron chi connectivity index (χ1n) is 10.9. The average Bonchev–Trinajstić information content (AvgIpc) is 3.16. The van der Waals surface area contributed by atoms with Crippen molar-refractivity contribution in [3.63, 3.8) is 0 Å². The summed E-state index contributed by atoms with van der Waals surface area (Å²) in [6, 6.07) is 23.3. The Kier molecular flexibility index (Phi) is 7.24. The number of carbonyl (C=O) groups excluding carboxylic acids is 1. The van der Waals surface area contributed by atoms with E-state index in [9.17, 15) is 18.0 Å². The number of aromatic nitrogens is 1. The highest BCUT2D eigenvalue weighted by atomic mass is 32.2. The summed E-state index contributed by atoms with van der Waals surface area (Å²) in [6.45, 7) is 0.403. The van der Waals surface area contributed by atoms with Crippen LogP contribution in [-0.4, -0.2) is 25.4 Å². The summed E-state index contributed by atoms with van der Waals surface area (Å²) < 4.78 is 34.3. The summed E-state index contributed by atoms with van der Waals surface area (Å²) in [7, 11) is -3.82. The number of nitrogens with one attached hydrogen (secondary N) is 2. The van der Waals surface area contributed by atoms with E-state index in [1.807, 2.05) is 60.7 Å². The summed E-state index contributed by atoms with van der Waals surface area (Å²) in [4.78, 5) is 24.6. The van der Waals surface area contributed by atoms with Gasteiger partial charge in [-0.25, -0.2) is 17.9 Å². The summed E-state index contributed by atoms with van der Waals surface area (Å²) in [5.41, 5.74) is 2.47. The Balaban J connectivity index is 1.39. The zero-order chi connectivity index (χ0) is 24.0. The molecule has 0 bridgehead atoms. The van der Waals surface area contributed by atoms with Crippen molar-refractivity contribution in [2.75, 3.05) is 6.54 Å². The van der Waals surface area contributed by atoms with Crippen molar-refractivity contribution in [2.45, 2.75) is 30.8 Å². The molecule has 0 aliphatic rings. The molecule has 4 aromatic rings. The van der Waals surface area contributed by atoms with Gasteiger partial charge in [-0.2, -0.15) is 0 Å². The number of rotatable bonds is 10. The van der Waals surface area contributed by atoms with Gasteiger partial charge in [-0.1, -0.05) is 60.7 Å². The van der Waals surface area contributed by atoms with Crippen LogP contribution in [0.15, 0.2) is 93.0 Å². The van der Waals surface area contributed by atoms with E-state index in [4.69, 9.17) is 4.42 Å². The molecule has 0 aliphatic heterocycles. The van der Waals surface area contributed by atoms with Crippen molar-refractivity contribution < 1.29 is 17.6 Å². The van der Waals surface area contributed by atoms with Gasteiger partial charge in [0.2, 0.25) is 15.9 Å². The summed E-state index contributed by atoms with van der Waals surface area (Å²) in [5, 5.41) is 2.80. The number of oxazole rings is 1. The Hall–Kier alpha value is -3.69. The van der Waals surface area contributed by atoms with Crippen molar-refractivity contribution in [1.82, 2.24) is 14.6 Å². The molecule has 1 aromatic heterocycles. The predicted molar refractivity (Wildman–Crippen MR) is 129 cm³/mol. The lowest BCUT2D eigenvalue weighted by molar-refractivity contribution is -0.121. The van der Waals surface area contributed by atoms with Crippen LogP contribution in [0.4, 0.5) is 0 Å². The zero-order valence-corrected chi connectivity index (χ0v) is 19.3. The number of benzene rings is 3. The van der Waals surface area contributed by atoms with Crippen LogP contribution in [0, 0.1) is 0 Å². The number of aryl methyl sites for hydroxylation is 1. The van der Waals surface area contributed by atoms with E-state index in [1.54, 1.807) is 0 Å². The van der Waals surface area contributed by atoms with Gasteiger partial charge in [-0.05, 0) is 36.1 Å². The van der Waals surface area contributed by atoms with E-state index in [1.165, 1.54) is 28.3 Å². The molecule has 0 aliphatic carbocycles. The van der Waals surface area contributed by atoms with Gasteiger partial charge >= 0.3 is 5.76 Å². The van der Waals surface area contributed by atoms with E-state index in [-0.39, 0.29) is 29.5 Å². The van der Waals surface area contributed by atoms with Crippen molar-refractivity contribution >= 4 is 27.0 Å². The molecule has 0 fully saturated rings. The first-order valence-corrected chi connectivity index (χ1v) is 12.4. The predicted octanol–water partition coefficient (Wildman–Crippen LogP) is 2.82. The van der Waals surface area contributed by atoms with E-state index >= 15 is 0 Å². The standard InChI is InChI=1S/C25H25N3O5S/c29-24(26-15-7-12-19-8-3-1-4-9-19)18-28-22-14-13-21(16-23(22)33-25(28)30)34(31,32)27-17-20-10-5-2-6-11-20/h1-6,8-11,13-14,16,27H,7,12,15,17-18H2,(H,26,29). The van der Waals surface area contributed by atoms with Crippen LogP contribution >= 0.6 is 0 Å².